The van der Waals surface area contributed by atoms with E-state index in [9.17, 15) is 9.59 Å². The second kappa shape index (κ2) is 4.85. The topological polar surface area (TPSA) is 80.4 Å². The van der Waals surface area contributed by atoms with E-state index in [1.54, 1.807) is 0 Å². The van der Waals surface area contributed by atoms with Crippen molar-refractivity contribution < 1.29 is 14.7 Å². The van der Waals surface area contributed by atoms with Crippen LogP contribution in [-0.2, 0) is 9.59 Å². The Balaban J connectivity index is 4.03. The number of Topliss-reactive ketones (excluding diaryl/α,β-unsaturated/α-hetero) is 1. The molecule has 0 rings (SSSR count). The van der Waals surface area contributed by atoms with Gasteiger partial charge >= 0.3 is 5.97 Å². The minimum Gasteiger partial charge on any atom is -0.481 e. The Bertz CT molecular complexity index is 156. The molecule has 11 heavy (non-hydrogen) atoms. The molecule has 3 N–H and O–H groups in total. The van der Waals surface area contributed by atoms with E-state index in [4.69, 9.17) is 10.8 Å². The normalized spacial score (nSPS) is 12.5. The van der Waals surface area contributed by atoms with Gasteiger partial charge in [0.1, 0.15) is 11.7 Å². The fraction of sp³-hybridized carbons (Fsp3) is 0.714. The second-order valence-electron chi connectivity index (χ2n) is 2.34. The number of hydrogen-bond acceptors (Lipinski definition) is 3. The third kappa shape index (κ3) is 3.13. The Hall–Kier alpha value is -0.900. The molecule has 0 saturated heterocycles. The molecule has 0 aromatic rings. The van der Waals surface area contributed by atoms with E-state index in [1.165, 1.54) is 0 Å². The molecule has 0 bridgehead atoms. The van der Waals surface area contributed by atoms with Crippen molar-refractivity contribution >= 4 is 11.8 Å². The lowest BCUT2D eigenvalue weighted by molar-refractivity contribution is -0.145. The summed E-state index contributed by atoms with van der Waals surface area (Å²) in [5.74, 6) is -2.40. The van der Waals surface area contributed by atoms with E-state index >= 15 is 0 Å². The van der Waals surface area contributed by atoms with E-state index in [1.807, 2.05) is 6.92 Å². The van der Waals surface area contributed by atoms with Crippen LogP contribution in [0, 0.1) is 5.92 Å². The van der Waals surface area contributed by atoms with E-state index in [2.05, 4.69) is 0 Å². The number of aliphatic carboxylic acids is 1. The summed E-state index contributed by atoms with van der Waals surface area (Å²) in [6.45, 7) is 1.72. The van der Waals surface area contributed by atoms with Crippen molar-refractivity contribution in [3.05, 3.63) is 0 Å². The lowest BCUT2D eigenvalue weighted by Gasteiger charge is -2.06. The summed E-state index contributed by atoms with van der Waals surface area (Å²) in [6.07, 6.45) is 0.969. The van der Waals surface area contributed by atoms with Crippen molar-refractivity contribution in [1.29, 1.82) is 0 Å². The molecule has 0 heterocycles. The van der Waals surface area contributed by atoms with Gasteiger partial charge in [-0.05, 0) is 6.42 Å². The van der Waals surface area contributed by atoms with E-state index in [0.717, 1.165) is 0 Å². The van der Waals surface area contributed by atoms with Gasteiger partial charge in [0.25, 0.3) is 0 Å². The molecule has 0 fully saturated rings. The first-order valence-corrected chi connectivity index (χ1v) is 3.59. The largest absolute Gasteiger partial charge is 0.481 e. The van der Waals surface area contributed by atoms with Crippen LogP contribution in [0.5, 0.6) is 0 Å². The highest BCUT2D eigenvalue weighted by atomic mass is 16.4. The van der Waals surface area contributed by atoms with Gasteiger partial charge in [-0.3, -0.25) is 9.59 Å². The first-order valence-electron chi connectivity index (χ1n) is 3.59. The van der Waals surface area contributed by atoms with Crippen LogP contribution < -0.4 is 5.73 Å². The Kier molecular flexibility index (Phi) is 4.45. The van der Waals surface area contributed by atoms with Crippen LogP contribution in [-0.4, -0.2) is 23.4 Å². The molecule has 1 atom stereocenters. The minimum atomic E-state index is -1.12. The first-order chi connectivity index (χ1) is 5.13. The number of rotatable bonds is 5. The van der Waals surface area contributed by atoms with Crippen molar-refractivity contribution in [2.24, 2.45) is 11.7 Å². The summed E-state index contributed by atoms with van der Waals surface area (Å²) in [5, 5.41) is 8.47. The molecule has 4 nitrogen and oxygen atoms in total. The lowest BCUT2D eigenvalue weighted by atomic mass is 10.0. The Morgan fingerprint density at radius 2 is 2.09 bits per heavy atom. The zero-order valence-electron chi connectivity index (χ0n) is 6.54. The summed E-state index contributed by atoms with van der Waals surface area (Å²) >= 11 is 0. The number of carboxylic acid groups (broad SMARTS) is 1. The van der Waals surface area contributed by atoms with Crippen molar-refractivity contribution in [3.8, 4) is 0 Å². The van der Waals surface area contributed by atoms with Gasteiger partial charge in [0.15, 0.2) is 0 Å². The van der Waals surface area contributed by atoms with Gasteiger partial charge in [0.05, 0.1) is 0 Å². The maximum atomic E-state index is 11.0. The van der Waals surface area contributed by atoms with Crippen LogP contribution in [0.2, 0.25) is 0 Å². The van der Waals surface area contributed by atoms with Crippen LogP contribution >= 0.6 is 0 Å². The molecule has 1 unspecified atom stereocenters. The lowest BCUT2D eigenvalue weighted by Crippen LogP contribution is -2.30. The molecule has 0 aromatic carbocycles. The number of carbonyl (C=O) groups excluding carboxylic acids is 1. The number of carbonyl (C=O) groups is 2. The highest BCUT2D eigenvalue weighted by molar-refractivity contribution is 5.98. The second-order valence-corrected chi connectivity index (χ2v) is 2.34. The summed E-state index contributed by atoms with van der Waals surface area (Å²) in [6, 6.07) is 0. The molecule has 0 spiro atoms. The fourth-order valence-corrected chi connectivity index (χ4v) is 0.791. The van der Waals surface area contributed by atoms with Crippen molar-refractivity contribution in [2.75, 3.05) is 6.54 Å². The van der Waals surface area contributed by atoms with Crippen molar-refractivity contribution in [1.82, 2.24) is 0 Å². The number of hydrogen-bond donors (Lipinski definition) is 2. The molecule has 0 aliphatic heterocycles. The Morgan fingerprint density at radius 3 is 2.36 bits per heavy atom. The Morgan fingerprint density at radius 1 is 1.55 bits per heavy atom. The molecular formula is C7H13NO3. The smallest absolute Gasteiger partial charge is 0.315 e. The van der Waals surface area contributed by atoms with Gasteiger partial charge < -0.3 is 10.8 Å². The summed E-state index contributed by atoms with van der Waals surface area (Å²) in [4.78, 5) is 21.3. The van der Waals surface area contributed by atoms with Gasteiger partial charge in [-0.1, -0.05) is 6.92 Å². The summed E-state index contributed by atoms with van der Waals surface area (Å²) in [5.41, 5.74) is 5.10. The zero-order chi connectivity index (χ0) is 8.85. The van der Waals surface area contributed by atoms with Crippen LogP contribution in [0.25, 0.3) is 0 Å². The van der Waals surface area contributed by atoms with Gasteiger partial charge in [-0.25, -0.2) is 0 Å². The van der Waals surface area contributed by atoms with E-state index in [0.29, 0.717) is 12.8 Å². The maximum absolute atomic E-state index is 11.0. The van der Waals surface area contributed by atoms with Crippen molar-refractivity contribution in [2.45, 2.75) is 19.8 Å². The van der Waals surface area contributed by atoms with E-state index in [-0.39, 0.29) is 12.3 Å². The highest BCUT2D eigenvalue weighted by Gasteiger charge is 2.22. The molecule has 0 radical (unpaired) electrons. The highest BCUT2D eigenvalue weighted by Crippen LogP contribution is 2.02. The Labute approximate surface area is 65.4 Å². The average Bonchev–Trinajstić information content (AvgIpc) is 1.88. The van der Waals surface area contributed by atoms with Gasteiger partial charge in [0.2, 0.25) is 0 Å². The summed E-state index contributed by atoms with van der Waals surface area (Å²) in [7, 11) is 0. The SMILES string of the molecule is CCCC(=O)C(CN)C(=O)O. The van der Waals surface area contributed by atoms with Crippen LogP contribution in [0.4, 0.5) is 0 Å². The predicted octanol–water partition coefficient (Wildman–Crippen LogP) is 0.0151. The number of ketones is 1. The first kappa shape index (κ1) is 10.1. The molecule has 0 amide bonds. The molecule has 4 heteroatoms. The average molecular weight is 159 g/mol. The quantitative estimate of drug-likeness (QED) is 0.554. The van der Waals surface area contributed by atoms with Crippen molar-refractivity contribution in [3.63, 3.8) is 0 Å². The number of nitrogens with two attached hydrogens (primary N) is 1. The van der Waals surface area contributed by atoms with E-state index < -0.39 is 11.9 Å². The molecule has 0 aromatic heterocycles. The zero-order valence-corrected chi connectivity index (χ0v) is 6.54. The standard InChI is InChI=1S/C7H13NO3/c1-2-3-6(9)5(4-8)7(10)11/h5H,2-4,8H2,1H3,(H,10,11). The number of carboxylic acids is 1. The third-order valence-corrected chi connectivity index (χ3v) is 1.42. The van der Waals surface area contributed by atoms with Gasteiger partial charge in [-0.2, -0.15) is 0 Å². The predicted molar refractivity (Wildman–Crippen MR) is 40.1 cm³/mol. The maximum Gasteiger partial charge on any atom is 0.315 e. The fourth-order valence-electron chi connectivity index (χ4n) is 0.791. The monoisotopic (exact) mass is 159 g/mol. The third-order valence-electron chi connectivity index (χ3n) is 1.42. The van der Waals surface area contributed by atoms with Crippen LogP contribution in [0.3, 0.4) is 0 Å². The minimum absolute atomic E-state index is 0.103. The molecular weight excluding hydrogens is 146 g/mol. The van der Waals surface area contributed by atoms with Crippen LogP contribution in [0.15, 0.2) is 0 Å². The van der Waals surface area contributed by atoms with Gasteiger partial charge in [-0.15, -0.1) is 0 Å². The molecule has 64 valence electrons. The summed E-state index contributed by atoms with van der Waals surface area (Å²) < 4.78 is 0. The molecule has 0 aliphatic carbocycles. The molecule has 0 saturated carbocycles. The van der Waals surface area contributed by atoms with Crippen LogP contribution in [0.1, 0.15) is 19.8 Å². The van der Waals surface area contributed by atoms with Gasteiger partial charge in [0, 0.05) is 13.0 Å². The molecule has 0 aliphatic rings.